The molecule has 0 amide bonds. The molecule has 1 radical (unpaired) electrons. The van der Waals surface area contributed by atoms with Gasteiger partial charge in [-0.15, -0.1) is 0 Å². The molecule has 0 saturated carbocycles. The lowest BCUT2D eigenvalue weighted by Crippen LogP contribution is -2.14. The molecule has 19 heavy (non-hydrogen) atoms. The molecule has 0 aliphatic heterocycles. The molecule has 1 aliphatic carbocycles. The topological polar surface area (TPSA) is 0 Å². The zero-order valence-electron chi connectivity index (χ0n) is 11.2. The molecule has 4 rings (SSSR count). The second kappa shape index (κ2) is 3.48. The van der Waals surface area contributed by atoms with Crippen molar-refractivity contribution >= 4 is 10.8 Å². The Morgan fingerprint density at radius 1 is 0.842 bits per heavy atom. The van der Waals surface area contributed by atoms with Crippen LogP contribution in [0, 0.1) is 6.07 Å². The molecule has 0 atom stereocenters. The number of fused-ring (bicyclic) bond motifs is 4. The molecule has 0 spiro atoms. The standard InChI is InChI=1S/C19H15/c1-19(2)17-10-6-5-9-15(17)16-11-13-7-3-4-8-14(13)12-18(16)19/h3,5-12H,1-2H3. The highest BCUT2D eigenvalue weighted by atomic mass is 14.4. The van der Waals surface area contributed by atoms with Crippen LogP contribution in [0.15, 0.2) is 54.6 Å². The molecule has 3 aromatic rings. The van der Waals surface area contributed by atoms with Gasteiger partial charge in [0.25, 0.3) is 0 Å². The summed E-state index contributed by atoms with van der Waals surface area (Å²) in [5, 5.41) is 2.58. The summed E-state index contributed by atoms with van der Waals surface area (Å²) < 4.78 is 0. The average molecular weight is 243 g/mol. The predicted molar refractivity (Wildman–Crippen MR) is 80.3 cm³/mol. The first-order valence-corrected chi connectivity index (χ1v) is 6.72. The Balaban J connectivity index is 2.15. The Kier molecular flexibility index (Phi) is 1.98. The highest BCUT2D eigenvalue weighted by molar-refractivity contribution is 5.93. The third-order valence-corrected chi connectivity index (χ3v) is 4.39. The lowest BCUT2D eigenvalue weighted by molar-refractivity contribution is 0.661. The summed E-state index contributed by atoms with van der Waals surface area (Å²) in [6.07, 6.45) is 0. The quantitative estimate of drug-likeness (QED) is 0.524. The first-order valence-electron chi connectivity index (χ1n) is 6.72. The van der Waals surface area contributed by atoms with Gasteiger partial charge in [0.1, 0.15) is 0 Å². The van der Waals surface area contributed by atoms with Gasteiger partial charge in [-0.25, -0.2) is 0 Å². The van der Waals surface area contributed by atoms with Crippen LogP contribution in [0.25, 0.3) is 21.9 Å². The molecule has 3 aromatic carbocycles. The first kappa shape index (κ1) is 10.8. The van der Waals surface area contributed by atoms with E-state index in [1.807, 2.05) is 6.07 Å². The van der Waals surface area contributed by atoms with E-state index in [0.717, 1.165) is 0 Å². The van der Waals surface area contributed by atoms with E-state index in [0.29, 0.717) is 0 Å². The lowest BCUT2D eigenvalue weighted by Gasteiger charge is -2.21. The second-order valence-corrected chi connectivity index (χ2v) is 5.84. The molecular formula is C19H15. The fourth-order valence-electron chi connectivity index (χ4n) is 3.33. The third kappa shape index (κ3) is 1.34. The zero-order valence-corrected chi connectivity index (χ0v) is 11.2. The van der Waals surface area contributed by atoms with Gasteiger partial charge in [-0.3, -0.25) is 0 Å². The largest absolute Gasteiger partial charge is 0.0619 e. The van der Waals surface area contributed by atoms with E-state index < -0.39 is 0 Å². The summed E-state index contributed by atoms with van der Waals surface area (Å²) in [7, 11) is 0. The third-order valence-electron chi connectivity index (χ3n) is 4.39. The van der Waals surface area contributed by atoms with E-state index in [1.165, 1.54) is 33.0 Å². The van der Waals surface area contributed by atoms with E-state index in [9.17, 15) is 0 Å². The van der Waals surface area contributed by atoms with Gasteiger partial charge in [-0.2, -0.15) is 0 Å². The van der Waals surface area contributed by atoms with Gasteiger partial charge < -0.3 is 0 Å². The zero-order chi connectivity index (χ0) is 13.0. The van der Waals surface area contributed by atoms with E-state index >= 15 is 0 Å². The Bertz CT molecular complexity index is 794. The molecule has 0 heteroatoms. The van der Waals surface area contributed by atoms with Crippen LogP contribution < -0.4 is 0 Å². The maximum absolute atomic E-state index is 3.18. The Labute approximate surface area is 113 Å². The highest BCUT2D eigenvalue weighted by Crippen LogP contribution is 2.49. The fraction of sp³-hybridized carbons (Fsp3) is 0.158. The van der Waals surface area contributed by atoms with Crippen molar-refractivity contribution in [1.29, 1.82) is 0 Å². The van der Waals surface area contributed by atoms with Crippen LogP contribution in [0.1, 0.15) is 25.0 Å². The Morgan fingerprint density at radius 3 is 2.58 bits per heavy atom. The summed E-state index contributed by atoms with van der Waals surface area (Å²) >= 11 is 0. The molecule has 0 aromatic heterocycles. The van der Waals surface area contributed by atoms with Crippen LogP contribution in [0.5, 0.6) is 0 Å². The van der Waals surface area contributed by atoms with Crippen molar-refractivity contribution in [2.45, 2.75) is 19.3 Å². The van der Waals surface area contributed by atoms with Gasteiger partial charge >= 0.3 is 0 Å². The molecule has 91 valence electrons. The minimum Gasteiger partial charge on any atom is -0.0619 e. The molecule has 0 nitrogen and oxygen atoms in total. The van der Waals surface area contributed by atoms with Gasteiger partial charge in [0.15, 0.2) is 0 Å². The maximum Gasteiger partial charge on any atom is 0.0159 e. The molecule has 0 bridgehead atoms. The summed E-state index contributed by atoms with van der Waals surface area (Å²) in [6, 6.07) is 22.8. The average Bonchev–Trinajstić information content (AvgIpc) is 2.66. The Morgan fingerprint density at radius 2 is 1.68 bits per heavy atom. The van der Waals surface area contributed by atoms with Gasteiger partial charge in [0.2, 0.25) is 0 Å². The summed E-state index contributed by atoms with van der Waals surface area (Å²) in [5.41, 5.74) is 5.73. The van der Waals surface area contributed by atoms with Crippen molar-refractivity contribution in [1.82, 2.24) is 0 Å². The summed E-state index contributed by atoms with van der Waals surface area (Å²) in [5.74, 6) is 0. The molecule has 0 N–H and O–H groups in total. The van der Waals surface area contributed by atoms with Crippen LogP contribution in [0.3, 0.4) is 0 Å². The summed E-state index contributed by atoms with van der Waals surface area (Å²) in [6.45, 7) is 4.63. The smallest absolute Gasteiger partial charge is 0.0159 e. The molecule has 0 fully saturated rings. The first-order chi connectivity index (χ1) is 9.18. The normalized spacial score (nSPS) is 15.3. The summed E-state index contributed by atoms with van der Waals surface area (Å²) in [4.78, 5) is 0. The second-order valence-electron chi connectivity index (χ2n) is 5.84. The van der Waals surface area contributed by atoms with E-state index in [4.69, 9.17) is 0 Å². The lowest BCUT2D eigenvalue weighted by atomic mass is 9.82. The van der Waals surface area contributed by atoms with Crippen LogP contribution in [-0.2, 0) is 5.41 Å². The van der Waals surface area contributed by atoms with Gasteiger partial charge in [-0.1, -0.05) is 50.2 Å². The van der Waals surface area contributed by atoms with Crippen molar-refractivity contribution in [3.63, 3.8) is 0 Å². The Hall–Kier alpha value is -2.08. The van der Waals surface area contributed by atoms with Crippen LogP contribution in [0.2, 0.25) is 0 Å². The molecule has 1 aliphatic rings. The molecule has 0 saturated heterocycles. The van der Waals surface area contributed by atoms with Crippen LogP contribution >= 0.6 is 0 Å². The van der Waals surface area contributed by atoms with Crippen molar-refractivity contribution in [2.75, 3.05) is 0 Å². The van der Waals surface area contributed by atoms with Crippen molar-refractivity contribution in [3.05, 3.63) is 71.8 Å². The van der Waals surface area contributed by atoms with E-state index in [-0.39, 0.29) is 5.41 Å². The van der Waals surface area contributed by atoms with E-state index in [2.05, 4.69) is 68.4 Å². The van der Waals surface area contributed by atoms with Crippen molar-refractivity contribution in [2.24, 2.45) is 0 Å². The molecule has 0 unspecified atom stereocenters. The molecule has 0 heterocycles. The van der Waals surface area contributed by atoms with Gasteiger partial charge in [0, 0.05) is 5.41 Å². The van der Waals surface area contributed by atoms with E-state index in [1.54, 1.807) is 0 Å². The number of hydrogen-bond acceptors (Lipinski definition) is 0. The minimum atomic E-state index is 0.0932. The predicted octanol–water partition coefficient (Wildman–Crippen LogP) is 4.95. The SMILES string of the molecule is CC1(C)c2ccccc2-c2cc3cc[c]cc3cc21. The van der Waals surface area contributed by atoms with Crippen LogP contribution in [0.4, 0.5) is 0 Å². The van der Waals surface area contributed by atoms with Crippen molar-refractivity contribution < 1.29 is 0 Å². The van der Waals surface area contributed by atoms with Crippen molar-refractivity contribution in [3.8, 4) is 11.1 Å². The molecular weight excluding hydrogens is 228 g/mol. The van der Waals surface area contributed by atoms with Gasteiger partial charge in [0.05, 0.1) is 0 Å². The highest BCUT2D eigenvalue weighted by Gasteiger charge is 2.35. The van der Waals surface area contributed by atoms with Crippen LogP contribution in [-0.4, -0.2) is 0 Å². The van der Waals surface area contributed by atoms with Gasteiger partial charge in [-0.05, 0) is 57.3 Å². The number of hydrogen-bond donors (Lipinski definition) is 0. The maximum atomic E-state index is 3.18. The minimum absolute atomic E-state index is 0.0932. The number of benzene rings is 3. The fourth-order valence-corrected chi connectivity index (χ4v) is 3.33. The number of rotatable bonds is 0. The monoisotopic (exact) mass is 243 g/mol.